The number of aromatic nitrogens is 1. The summed E-state index contributed by atoms with van der Waals surface area (Å²) in [6.07, 6.45) is 1.84. The van der Waals surface area contributed by atoms with Crippen molar-refractivity contribution in [2.24, 2.45) is 0 Å². The van der Waals surface area contributed by atoms with E-state index in [-0.39, 0.29) is 11.5 Å². The molecule has 6 nitrogen and oxygen atoms in total. The molecule has 7 heteroatoms. The minimum Gasteiger partial charge on any atom is -0.493 e. The summed E-state index contributed by atoms with van der Waals surface area (Å²) in [5, 5.41) is 12.3. The van der Waals surface area contributed by atoms with Crippen LogP contribution in [-0.4, -0.2) is 30.7 Å². The highest BCUT2D eigenvalue weighted by Gasteiger charge is 2.26. The van der Waals surface area contributed by atoms with Crippen molar-refractivity contribution in [2.45, 2.75) is 5.92 Å². The molecular weight excluding hydrogens is 388 g/mol. The average Bonchev–Trinajstić information content (AvgIpc) is 3.03. The van der Waals surface area contributed by atoms with E-state index in [9.17, 15) is 10.1 Å². The lowest BCUT2D eigenvalue weighted by Crippen LogP contribution is -2.14. The maximum atomic E-state index is 11.3. The summed E-state index contributed by atoms with van der Waals surface area (Å²) >= 11 is 3.52. The molecular formula is C18H17BrN2O4. The number of methoxy groups -OCH3 is 2. The normalized spacial score (nSPS) is 12.1. The van der Waals surface area contributed by atoms with Gasteiger partial charge in [-0.15, -0.1) is 0 Å². The lowest BCUT2D eigenvalue weighted by molar-refractivity contribution is -0.481. The van der Waals surface area contributed by atoms with Crippen LogP contribution in [0.4, 0.5) is 0 Å². The number of nitro groups is 1. The molecule has 0 saturated carbocycles. The second-order valence-corrected chi connectivity index (χ2v) is 6.44. The second kappa shape index (κ2) is 7.14. The van der Waals surface area contributed by atoms with Crippen LogP contribution in [0.2, 0.25) is 0 Å². The van der Waals surface area contributed by atoms with Crippen molar-refractivity contribution in [3.63, 3.8) is 0 Å². The molecule has 0 saturated heterocycles. The minimum atomic E-state index is -0.430. The Labute approximate surface area is 153 Å². The lowest BCUT2D eigenvalue weighted by Gasteiger charge is -2.17. The molecule has 0 fully saturated rings. The lowest BCUT2D eigenvalue weighted by atomic mass is 9.90. The first-order chi connectivity index (χ1) is 12.0. The molecule has 0 radical (unpaired) electrons. The summed E-state index contributed by atoms with van der Waals surface area (Å²) in [5.41, 5.74) is 2.60. The summed E-state index contributed by atoms with van der Waals surface area (Å²) in [7, 11) is 3.10. The van der Waals surface area contributed by atoms with Crippen molar-refractivity contribution in [1.29, 1.82) is 0 Å². The van der Waals surface area contributed by atoms with Crippen molar-refractivity contribution in [3.8, 4) is 11.5 Å². The first kappa shape index (κ1) is 17.3. The molecule has 0 bridgehead atoms. The monoisotopic (exact) mass is 404 g/mol. The number of fused-ring (bicyclic) bond motifs is 1. The maximum absolute atomic E-state index is 11.3. The van der Waals surface area contributed by atoms with Gasteiger partial charge >= 0.3 is 0 Å². The molecule has 0 aliphatic rings. The number of nitrogens with zero attached hydrogens (tertiary/aromatic N) is 1. The fourth-order valence-corrected chi connectivity index (χ4v) is 3.63. The minimum absolute atomic E-state index is 0.226. The zero-order valence-electron chi connectivity index (χ0n) is 13.8. The van der Waals surface area contributed by atoms with Gasteiger partial charge in [0.1, 0.15) is 0 Å². The van der Waals surface area contributed by atoms with Crippen LogP contribution in [0.5, 0.6) is 11.5 Å². The van der Waals surface area contributed by atoms with Gasteiger partial charge in [-0.05, 0) is 29.3 Å². The van der Waals surface area contributed by atoms with Crippen molar-refractivity contribution in [3.05, 3.63) is 68.3 Å². The number of hydrogen-bond donors (Lipinski definition) is 1. The summed E-state index contributed by atoms with van der Waals surface area (Å²) in [6.45, 7) is -0.226. The third kappa shape index (κ3) is 3.32. The highest BCUT2D eigenvalue weighted by molar-refractivity contribution is 9.10. The van der Waals surface area contributed by atoms with Gasteiger partial charge in [0.25, 0.3) is 0 Å². The van der Waals surface area contributed by atoms with E-state index < -0.39 is 5.92 Å². The van der Waals surface area contributed by atoms with Crippen LogP contribution in [0.1, 0.15) is 17.0 Å². The largest absolute Gasteiger partial charge is 0.493 e. The molecule has 1 aromatic heterocycles. The molecule has 0 amide bonds. The van der Waals surface area contributed by atoms with Gasteiger partial charge in [-0.25, -0.2) is 0 Å². The van der Waals surface area contributed by atoms with Crippen LogP contribution in [0.25, 0.3) is 10.9 Å². The van der Waals surface area contributed by atoms with Gasteiger partial charge in [0.15, 0.2) is 11.5 Å². The molecule has 1 heterocycles. The van der Waals surface area contributed by atoms with E-state index in [4.69, 9.17) is 9.47 Å². The molecule has 1 atom stereocenters. The summed E-state index contributed by atoms with van der Waals surface area (Å²) < 4.78 is 11.4. The van der Waals surface area contributed by atoms with Gasteiger partial charge in [-0.1, -0.05) is 34.1 Å². The Hall–Kier alpha value is -2.54. The zero-order valence-corrected chi connectivity index (χ0v) is 15.4. The van der Waals surface area contributed by atoms with E-state index in [1.165, 1.54) is 0 Å². The first-order valence-electron chi connectivity index (χ1n) is 7.64. The number of para-hydroxylation sites is 1. The first-order valence-corrected chi connectivity index (χ1v) is 8.43. The Morgan fingerprint density at radius 3 is 2.52 bits per heavy atom. The van der Waals surface area contributed by atoms with E-state index in [1.807, 2.05) is 30.5 Å². The van der Waals surface area contributed by atoms with Crippen LogP contribution in [-0.2, 0) is 0 Å². The van der Waals surface area contributed by atoms with Gasteiger partial charge in [-0.3, -0.25) is 10.1 Å². The standard InChI is InChI=1S/C18H17BrN2O4/c1-24-17-7-12(15(19)8-18(17)25-2)14(10-21(22)23)13-9-20-16-6-4-3-5-11(13)16/h3-9,14,20H,10H2,1-2H3/t14-/m1/s1. The number of aromatic amines is 1. The second-order valence-electron chi connectivity index (χ2n) is 5.59. The van der Waals surface area contributed by atoms with Gasteiger partial charge < -0.3 is 14.5 Å². The zero-order chi connectivity index (χ0) is 18.0. The van der Waals surface area contributed by atoms with E-state index in [1.54, 1.807) is 26.4 Å². The van der Waals surface area contributed by atoms with Crippen molar-refractivity contribution in [1.82, 2.24) is 4.98 Å². The number of benzene rings is 2. The quantitative estimate of drug-likeness (QED) is 0.489. The van der Waals surface area contributed by atoms with Crippen LogP contribution >= 0.6 is 15.9 Å². The molecule has 0 unspecified atom stereocenters. The van der Waals surface area contributed by atoms with E-state index >= 15 is 0 Å². The third-order valence-corrected chi connectivity index (χ3v) is 4.89. The average molecular weight is 405 g/mol. The molecule has 0 spiro atoms. The van der Waals surface area contributed by atoms with Crippen LogP contribution < -0.4 is 9.47 Å². The van der Waals surface area contributed by atoms with Crippen LogP contribution in [0.15, 0.2) is 47.1 Å². The number of ether oxygens (including phenoxy) is 2. The van der Waals surface area contributed by atoms with Gasteiger partial charge in [0, 0.05) is 26.5 Å². The van der Waals surface area contributed by atoms with E-state index in [0.29, 0.717) is 11.5 Å². The number of halogens is 1. The molecule has 3 rings (SSSR count). The summed E-state index contributed by atoms with van der Waals surface area (Å²) in [5.74, 6) is 0.672. The number of hydrogen-bond acceptors (Lipinski definition) is 4. The Morgan fingerprint density at radius 2 is 1.84 bits per heavy atom. The predicted molar refractivity (Wildman–Crippen MR) is 99.2 cm³/mol. The number of H-pyrrole nitrogens is 1. The van der Waals surface area contributed by atoms with Crippen LogP contribution in [0.3, 0.4) is 0 Å². The van der Waals surface area contributed by atoms with Gasteiger partial charge in [-0.2, -0.15) is 0 Å². The van der Waals surface area contributed by atoms with Crippen molar-refractivity contribution < 1.29 is 14.4 Å². The van der Waals surface area contributed by atoms with Crippen molar-refractivity contribution >= 4 is 26.8 Å². The topological polar surface area (TPSA) is 77.4 Å². The highest BCUT2D eigenvalue weighted by Crippen LogP contribution is 2.40. The fraction of sp³-hybridized carbons (Fsp3) is 0.222. The van der Waals surface area contributed by atoms with E-state index in [2.05, 4.69) is 20.9 Å². The molecule has 25 heavy (non-hydrogen) atoms. The third-order valence-electron chi connectivity index (χ3n) is 4.21. The molecule has 1 N–H and O–H groups in total. The Balaban J connectivity index is 2.18. The highest BCUT2D eigenvalue weighted by atomic mass is 79.9. The van der Waals surface area contributed by atoms with E-state index in [0.717, 1.165) is 26.5 Å². The fourth-order valence-electron chi connectivity index (χ4n) is 3.03. The summed E-state index contributed by atoms with van der Waals surface area (Å²) in [6, 6.07) is 11.3. The summed E-state index contributed by atoms with van der Waals surface area (Å²) in [4.78, 5) is 14.2. The SMILES string of the molecule is COc1cc(Br)c([C@@H](C[N+](=O)[O-])c2c[nH]c3ccccc23)cc1OC. The molecule has 0 aliphatic carbocycles. The maximum Gasteiger partial charge on any atom is 0.214 e. The van der Waals surface area contributed by atoms with Gasteiger partial charge in [0.05, 0.1) is 20.1 Å². The Bertz CT molecular complexity index is 923. The molecule has 3 aromatic rings. The van der Waals surface area contributed by atoms with Crippen LogP contribution in [0, 0.1) is 10.1 Å². The number of nitrogens with one attached hydrogen (secondary N) is 1. The molecule has 130 valence electrons. The predicted octanol–water partition coefficient (Wildman–Crippen LogP) is 4.36. The van der Waals surface area contributed by atoms with Crippen molar-refractivity contribution in [2.75, 3.05) is 20.8 Å². The molecule has 2 aromatic carbocycles. The molecule has 0 aliphatic heterocycles. The number of rotatable bonds is 6. The Morgan fingerprint density at radius 1 is 1.16 bits per heavy atom. The van der Waals surface area contributed by atoms with Gasteiger partial charge in [0.2, 0.25) is 6.54 Å². The smallest absolute Gasteiger partial charge is 0.214 e. The Kier molecular flexibility index (Phi) is 4.94.